The first-order valence-electron chi connectivity index (χ1n) is 6.70. The lowest BCUT2D eigenvalue weighted by Gasteiger charge is -2.22. The number of aldehydes is 1. The van der Waals surface area contributed by atoms with Crippen molar-refractivity contribution < 1.29 is 19.1 Å². The van der Waals surface area contributed by atoms with Crippen LogP contribution in [0.3, 0.4) is 0 Å². The van der Waals surface area contributed by atoms with E-state index in [1.165, 1.54) is 0 Å². The molecule has 0 aliphatic heterocycles. The van der Waals surface area contributed by atoms with E-state index in [0.29, 0.717) is 51.1 Å². The van der Waals surface area contributed by atoms with Crippen molar-refractivity contribution in [3.63, 3.8) is 0 Å². The van der Waals surface area contributed by atoms with Crippen molar-refractivity contribution in [1.82, 2.24) is 0 Å². The van der Waals surface area contributed by atoms with Gasteiger partial charge in [-0.2, -0.15) is 0 Å². The van der Waals surface area contributed by atoms with Crippen LogP contribution in [-0.4, -0.2) is 38.5 Å². The molecule has 2 unspecified atom stereocenters. The Kier molecular flexibility index (Phi) is 10.9. The molecule has 4 heteroatoms. The number of hydrogen-bond donors (Lipinski definition) is 0. The van der Waals surface area contributed by atoms with Crippen LogP contribution < -0.4 is 0 Å². The Balaban J connectivity index is 3.84. The summed E-state index contributed by atoms with van der Waals surface area (Å²) in [5.74, 6) is 0.990. The van der Waals surface area contributed by atoms with Gasteiger partial charge in [-0.05, 0) is 12.8 Å². The number of carbonyl (C=O) groups excluding carboxylic acids is 2. The second-order valence-electron chi connectivity index (χ2n) is 4.70. The lowest BCUT2D eigenvalue weighted by Crippen LogP contribution is -2.24. The molecule has 0 radical (unpaired) electrons. The van der Waals surface area contributed by atoms with Crippen molar-refractivity contribution in [2.24, 2.45) is 11.8 Å². The highest BCUT2D eigenvalue weighted by atomic mass is 16.5. The number of rotatable bonds is 12. The summed E-state index contributed by atoms with van der Waals surface area (Å²) < 4.78 is 11.0. The predicted octanol–water partition coefficient (Wildman–Crippen LogP) is 2.25. The van der Waals surface area contributed by atoms with E-state index < -0.39 is 0 Å². The van der Waals surface area contributed by atoms with Crippen molar-refractivity contribution >= 4 is 12.1 Å². The fourth-order valence-corrected chi connectivity index (χ4v) is 1.53. The van der Waals surface area contributed by atoms with Gasteiger partial charge in [-0.15, -0.1) is 0 Å². The van der Waals surface area contributed by atoms with E-state index in [9.17, 15) is 9.59 Å². The molecule has 0 N–H and O–H groups in total. The predicted molar refractivity (Wildman–Crippen MR) is 70.6 cm³/mol. The summed E-state index contributed by atoms with van der Waals surface area (Å²) in [6, 6.07) is 0. The molecule has 2 atom stereocenters. The molecule has 0 aromatic carbocycles. The van der Waals surface area contributed by atoms with Crippen molar-refractivity contribution in [3.05, 3.63) is 0 Å². The third-order valence-corrected chi connectivity index (χ3v) is 3.09. The van der Waals surface area contributed by atoms with E-state index in [0.717, 1.165) is 12.7 Å². The quantitative estimate of drug-likeness (QED) is 0.398. The van der Waals surface area contributed by atoms with Crippen molar-refractivity contribution in [1.29, 1.82) is 0 Å². The van der Waals surface area contributed by atoms with Crippen molar-refractivity contribution in [2.45, 2.75) is 40.0 Å². The minimum absolute atomic E-state index is 0.150. The van der Waals surface area contributed by atoms with Gasteiger partial charge < -0.3 is 14.3 Å². The van der Waals surface area contributed by atoms with Gasteiger partial charge in [0, 0.05) is 18.8 Å². The Morgan fingerprint density at radius 2 is 1.83 bits per heavy atom. The second kappa shape index (κ2) is 11.4. The van der Waals surface area contributed by atoms with E-state index in [4.69, 9.17) is 9.47 Å². The first-order valence-corrected chi connectivity index (χ1v) is 6.70. The van der Waals surface area contributed by atoms with Crippen LogP contribution in [0.25, 0.3) is 0 Å². The van der Waals surface area contributed by atoms with Crippen LogP contribution in [0, 0.1) is 11.8 Å². The Morgan fingerprint density at radius 1 is 1.22 bits per heavy atom. The molecule has 0 saturated heterocycles. The second-order valence-corrected chi connectivity index (χ2v) is 4.70. The van der Waals surface area contributed by atoms with E-state index in [1.54, 1.807) is 6.92 Å². The topological polar surface area (TPSA) is 52.6 Å². The molecule has 0 amide bonds. The molecule has 0 rings (SSSR count). The summed E-state index contributed by atoms with van der Waals surface area (Å²) in [4.78, 5) is 21.0. The molecule has 18 heavy (non-hydrogen) atoms. The smallest absolute Gasteiger partial charge is 0.132 e. The molecule has 0 bridgehead atoms. The van der Waals surface area contributed by atoms with Crippen LogP contribution >= 0.6 is 0 Å². The Hall–Kier alpha value is -0.740. The molecule has 0 spiro atoms. The van der Waals surface area contributed by atoms with Gasteiger partial charge in [-0.1, -0.05) is 20.3 Å². The third-order valence-electron chi connectivity index (χ3n) is 3.09. The van der Waals surface area contributed by atoms with Gasteiger partial charge in [0.05, 0.1) is 26.4 Å². The number of ketones is 1. The SMILES string of the molecule is CCC(C)C(COCCC=O)COCCC(C)=O. The normalized spacial score (nSPS) is 14.2. The zero-order valence-electron chi connectivity index (χ0n) is 11.8. The third kappa shape index (κ3) is 9.31. The highest BCUT2D eigenvalue weighted by Gasteiger charge is 2.16. The molecular weight excluding hydrogens is 232 g/mol. The summed E-state index contributed by atoms with van der Waals surface area (Å²) in [6.07, 6.45) is 2.84. The maximum atomic E-state index is 10.8. The number of carbonyl (C=O) groups is 2. The summed E-state index contributed by atoms with van der Waals surface area (Å²) in [5, 5.41) is 0. The Morgan fingerprint density at radius 3 is 2.33 bits per heavy atom. The molecule has 0 fully saturated rings. The van der Waals surface area contributed by atoms with E-state index in [-0.39, 0.29) is 5.78 Å². The van der Waals surface area contributed by atoms with Crippen LogP contribution in [0.1, 0.15) is 40.0 Å². The average Bonchev–Trinajstić information content (AvgIpc) is 2.35. The van der Waals surface area contributed by atoms with Crippen LogP contribution in [0.15, 0.2) is 0 Å². The molecule has 0 saturated carbocycles. The van der Waals surface area contributed by atoms with Crippen molar-refractivity contribution in [2.75, 3.05) is 26.4 Å². The first kappa shape index (κ1) is 17.3. The highest BCUT2D eigenvalue weighted by molar-refractivity contribution is 5.75. The summed E-state index contributed by atoms with van der Waals surface area (Å²) >= 11 is 0. The standard InChI is InChI=1S/C14H26O4/c1-4-12(2)14(10-17-8-5-7-15)11-18-9-6-13(3)16/h7,12,14H,4-6,8-11H2,1-3H3. The number of hydrogen-bond acceptors (Lipinski definition) is 4. The van der Waals surface area contributed by atoms with Crippen LogP contribution in [-0.2, 0) is 19.1 Å². The molecule has 4 nitrogen and oxygen atoms in total. The van der Waals surface area contributed by atoms with Gasteiger partial charge in [-0.3, -0.25) is 4.79 Å². The lowest BCUT2D eigenvalue weighted by atomic mass is 9.93. The highest BCUT2D eigenvalue weighted by Crippen LogP contribution is 2.16. The molecule has 0 aliphatic carbocycles. The van der Waals surface area contributed by atoms with Gasteiger partial charge >= 0.3 is 0 Å². The van der Waals surface area contributed by atoms with Gasteiger partial charge in [0.2, 0.25) is 0 Å². The van der Waals surface area contributed by atoms with E-state index in [1.807, 2.05) is 0 Å². The fourth-order valence-electron chi connectivity index (χ4n) is 1.53. The number of Topliss-reactive ketones (excluding diaryl/α,β-unsaturated/α-hetero) is 1. The largest absolute Gasteiger partial charge is 0.381 e. The molecule has 0 aromatic heterocycles. The lowest BCUT2D eigenvalue weighted by molar-refractivity contribution is -0.118. The first-order chi connectivity index (χ1) is 8.61. The monoisotopic (exact) mass is 258 g/mol. The molecular formula is C14H26O4. The average molecular weight is 258 g/mol. The Labute approximate surface area is 110 Å². The van der Waals surface area contributed by atoms with E-state index >= 15 is 0 Å². The molecule has 0 aromatic rings. The van der Waals surface area contributed by atoms with Gasteiger partial charge in [0.15, 0.2) is 0 Å². The summed E-state index contributed by atoms with van der Waals surface area (Å²) in [6.45, 7) is 8.06. The zero-order valence-corrected chi connectivity index (χ0v) is 11.8. The van der Waals surface area contributed by atoms with Crippen LogP contribution in [0.5, 0.6) is 0 Å². The van der Waals surface area contributed by atoms with Crippen LogP contribution in [0.4, 0.5) is 0 Å². The minimum atomic E-state index is 0.150. The van der Waals surface area contributed by atoms with Gasteiger partial charge in [-0.25, -0.2) is 0 Å². The molecule has 0 aliphatic rings. The minimum Gasteiger partial charge on any atom is -0.381 e. The zero-order chi connectivity index (χ0) is 13.8. The maximum Gasteiger partial charge on any atom is 0.132 e. The Bertz CT molecular complexity index is 228. The van der Waals surface area contributed by atoms with E-state index in [2.05, 4.69) is 13.8 Å². The van der Waals surface area contributed by atoms with Crippen molar-refractivity contribution in [3.8, 4) is 0 Å². The molecule has 106 valence electrons. The summed E-state index contributed by atoms with van der Waals surface area (Å²) in [5.41, 5.74) is 0. The maximum absolute atomic E-state index is 10.8. The number of ether oxygens (including phenoxy) is 2. The van der Waals surface area contributed by atoms with Gasteiger partial charge in [0.1, 0.15) is 12.1 Å². The fraction of sp³-hybridized carbons (Fsp3) is 0.857. The molecule has 0 heterocycles. The summed E-state index contributed by atoms with van der Waals surface area (Å²) in [7, 11) is 0. The van der Waals surface area contributed by atoms with Crippen LogP contribution in [0.2, 0.25) is 0 Å². The van der Waals surface area contributed by atoms with Gasteiger partial charge in [0.25, 0.3) is 0 Å².